The van der Waals surface area contributed by atoms with Gasteiger partial charge in [-0.25, -0.2) is 4.39 Å². The zero-order valence-corrected chi connectivity index (χ0v) is 7.40. The Hall–Kier alpha value is -1.54. The van der Waals surface area contributed by atoms with Crippen molar-refractivity contribution in [1.29, 1.82) is 0 Å². The Kier molecular flexibility index (Phi) is 3.32. The maximum atomic E-state index is 12.7. The topological polar surface area (TPSA) is 20.2 Å². The Bertz CT molecular complexity index is 412. The fourth-order valence-corrected chi connectivity index (χ4v) is 1.00. The molecule has 5 heteroatoms. The molecule has 1 aromatic carbocycles. The molecule has 0 aliphatic rings. The number of alkyl halides is 3. The molecule has 0 fully saturated rings. The summed E-state index contributed by atoms with van der Waals surface area (Å²) in [4.78, 5) is 0. The lowest BCUT2D eigenvalue weighted by Gasteiger charge is -2.08. The molecule has 0 aliphatic heterocycles. The Labute approximate surface area is 83.3 Å². The van der Waals surface area contributed by atoms with Gasteiger partial charge in [-0.15, -0.1) is 0 Å². The SMILES string of the molecule is OCC#Cc1cc(F)ccc1C(F)(F)F. The Morgan fingerprint density at radius 2 is 1.93 bits per heavy atom. The average molecular weight is 218 g/mol. The van der Waals surface area contributed by atoms with E-state index in [0.29, 0.717) is 18.2 Å². The Balaban J connectivity index is 3.27. The van der Waals surface area contributed by atoms with Crippen molar-refractivity contribution >= 4 is 0 Å². The number of rotatable bonds is 0. The third kappa shape index (κ3) is 2.96. The van der Waals surface area contributed by atoms with E-state index in [2.05, 4.69) is 5.92 Å². The monoisotopic (exact) mass is 218 g/mol. The summed E-state index contributed by atoms with van der Waals surface area (Å²) in [7, 11) is 0. The average Bonchev–Trinajstić information content (AvgIpc) is 2.12. The summed E-state index contributed by atoms with van der Waals surface area (Å²) in [6, 6.07) is 2.02. The van der Waals surface area contributed by atoms with Crippen LogP contribution in [0, 0.1) is 17.7 Å². The van der Waals surface area contributed by atoms with Gasteiger partial charge in [-0.3, -0.25) is 0 Å². The van der Waals surface area contributed by atoms with Crippen molar-refractivity contribution in [2.24, 2.45) is 0 Å². The van der Waals surface area contributed by atoms with E-state index in [1.54, 1.807) is 0 Å². The molecule has 0 aliphatic carbocycles. The summed E-state index contributed by atoms with van der Waals surface area (Å²) in [5.41, 5.74) is -1.48. The van der Waals surface area contributed by atoms with E-state index in [9.17, 15) is 17.6 Å². The van der Waals surface area contributed by atoms with Crippen LogP contribution in [-0.2, 0) is 6.18 Å². The summed E-state index contributed by atoms with van der Waals surface area (Å²) in [6.45, 7) is -0.576. The van der Waals surface area contributed by atoms with Crippen LogP contribution in [0.4, 0.5) is 17.6 Å². The first-order valence-electron chi connectivity index (χ1n) is 3.91. The van der Waals surface area contributed by atoms with Crippen molar-refractivity contribution in [2.75, 3.05) is 6.61 Å². The van der Waals surface area contributed by atoms with E-state index in [4.69, 9.17) is 5.11 Å². The van der Waals surface area contributed by atoms with Crippen LogP contribution >= 0.6 is 0 Å². The highest BCUT2D eigenvalue weighted by molar-refractivity contribution is 5.43. The van der Waals surface area contributed by atoms with Gasteiger partial charge in [-0.05, 0) is 18.2 Å². The van der Waals surface area contributed by atoms with Crippen LogP contribution in [-0.4, -0.2) is 11.7 Å². The van der Waals surface area contributed by atoms with Gasteiger partial charge in [-0.2, -0.15) is 13.2 Å². The highest BCUT2D eigenvalue weighted by Gasteiger charge is 2.33. The highest BCUT2D eigenvalue weighted by atomic mass is 19.4. The van der Waals surface area contributed by atoms with Gasteiger partial charge in [-0.1, -0.05) is 11.8 Å². The summed E-state index contributed by atoms with van der Waals surface area (Å²) in [5.74, 6) is 3.29. The van der Waals surface area contributed by atoms with Crippen LogP contribution < -0.4 is 0 Å². The predicted molar refractivity (Wildman–Crippen MR) is 45.4 cm³/mol. The number of hydrogen-bond acceptors (Lipinski definition) is 1. The second-order valence-electron chi connectivity index (χ2n) is 2.65. The molecule has 0 bridgehead atoms. The lowest BCUT2D eigenvalue weighted by Crippen LogP contribution is -2.08. The van der Waals surface area contributed by atoms with Gasteiger partial charge in [0.2, 0.25) is 0 Å². The molecule has 0 saturated carbocycles. The molecular formula is C10H6F4O. The van der Waals surface area contributed by atoms with Gasteiger partial charge in [0.1, 0.15) is 12.4 Å². The lowest BCUT2D eigenvalue weighted by molar-refractivity contribution is -0.137. The van der Waals surface area contributed by atoms with Crippen molar-refractivity contribution in [1.82, 2.24) is 0 Å². The number of halogens is 4. The van der Waals surface area contributed by atoms with E-state index < -0.39 is 29.7 Å². The first-order chi connectivity index (χ1) is 6.95. The lowest BCUT2D eigenvalue weighted by atomic mass is 10.1. The molecule has 1 nitrogen and oxygen atoms in total. The van der Waals surface area contributed by atoms with Crippen molar-refractivity contribution in [3.63, 3.8) is 0 Å². The molecule has 0 spiro atoms. The third-order valence-electron chi connectivity index (χ3n) is 1.59. The number of hydrogen-bond donors (Lipinski definition) is 1. The molecule has 0 radical (unpaired) electrons. The zero-order valence-electron chi connectivity index (χ0n) is 7.40. The third-order valence-corrected chi connectivity index (χ3v) is 1.59. The maximum Gasteiger partial charge on any atom is 0.417 e. The number of aliphatic hydroxyl groups is 1. The fourth-order valence-electron chi connectivity index (χ4n) is 1.00. The molecule has 1 rings (SSSR count). The molecule has 0 aromatic heterocycles. The minimum atomic E-state index is -4.58. The van der Waals surface area contributed by atoms with Gasteiger partial charge in [0.05, 0.1) is 5.56 Å². The summed E-state index contributed by atoms with van der Waals surface area (Å²) in [5, 5.41) is 8.34. The van der Waals surface area contributed by atoms with E-state index in [1.165, 1.54) is 0 Å². The van der Waals surface area contributed by atoms with Crippen LogP contribution in [0.3, 0.4) is 0 Å². The molecular weight excluding hydrogens is 212 g/mol. The molecule has 1 N–H and O–H groups in total. The smallest absolute Gasteiger partial charge is 0.384 e. The van der Waals surface area contributed by atoms with Crippen LogP contribution in [0.5, 0.6) is 0 Å². The van der Waals surface area contributed by atoms with Gasteiger partial charge >= 0.3 is 6.18 Å². The fraction of sp³-hybridized carbons (Fsp3) is 0.200. The molecule has 15 heavy (non-hydrogen) atoms. The second kappa shape index (κ2) is 4.32. The number of benzene rings is 1. The largest absolute Gasteiger partial charge is 0.417 e. The molecule has 1 aromatic rings. The molecule has 0 amide bonds. The van der Waals surface area contributed by atoms with Gasteiger partial charge in [0, 0.05) is 5.56 Å². The van der Waals surface area contributed by atoms with Gasteiger partial charge in [0.15, 0.2) is 0 Å². The quantitative estimate of drug-likeness (QED) is 0.522. The molecule has 0 saturated heterocycles. The van der Waals surface area contributed by atoms with E-state index in [1.807, 2.05) is 5.92 Å². The minimum Gasteiger partial charge on any atom is -0.384 e. The summed E-state index contributed by atoms with van der Waals surface area (Å²) >= 11 is 0. The second-order valence-corrected chi connectivity index (χ2v) is 2.65. The first kappa shape index (κ1) is 11.5. The normalized spacial score (nSPS) is 10.7. The van der Waals surface area contributed by atoms with E-state index in [0.717, 1.165) is 0 Å². The van der Waals surface area contributed by atoms with Gasteiger partial charge in [0.25, 0.3) is 0 Å². The van der Waals surface area contributed by atoms with Crippen LogP contribution in [0.2, 0.25) is 0 Å². The predicted octanol–water partition coefficient (Wildman–Crippen LogP) is 2.19. The van der Waals surface area contributed by atoms with Crippen molar-refractivity contribution in [2.45, 2.75) is 6.18 Å². The standard InChI is InChI=1S/C10H6F4O/c11-8-3-4-9(10(12,13)14)7(6-8)2-1-5-15/h3-4,6,15H,5H2. The Morgan fingerprint density at radius 3 is 2.47 bits per heavy atom. The van der Waals surface area contributed by atoms with Crippen LogP contribution in [0.15, 0.2) is 18.2 Å². The van der Waals surface area contributed by atoms with Gasteiger partial charge < -0.3 is 5.11 Å². The van der Waals surface area contributed by atoms with E-state index in [-0.39, 0.29) is 0 Å². The molecule has 80 valence electrons. The van der Waals surface area contributed by atoms with Crippen molar-refractivity contribution < 1.29 is 22.7 Å². The van der Waals surface area contributed by atoms with E-state index >= 15 is 0 Å². The molecule has 0 atom stereocenters. The van der Waals surface area contributed by atoms with Crippen LogP contribution in [0.1, 0.15) is 11.1 Å². The summed E-state index contributed by atoms with van der Waals surface area (Å²) < 4.78 is 49.7. The minimum absolute atomic E-state index is 0.475. The maximum absolute atomic E-state index is 12.7. The highest BCUT2D eigenvalue weighted by Crippen LogP contribution is 2.31. The summed E-state index contributed by atoms with van der Waals surface area (Å²) in [6.07, 6.45) is -4.58. The number of aliphatic hydroxyl groups excluding tert-OH is 1. The Morgan fingerprint density at radius 1 is 1.27 bits per heavy atom. The molecule has 0 unspecified atom stereocenters. The zero-order chi connectivity index (χ0) is 11.5. The van der Waals surface area contributed by atoms with Crippen molar-refractivity contribution in [3.05, 3.63) is 35.1 Å². The first-order valence-corrected chi connectivity index (χ1v) is 3.91. The van der Waals surface area contributed by atoms with Crippen LogP contribution in [0.25, 0.3) is 0 Å². The van der Waals surface area contributed by atoms with Crippen molar-refractivity contribution in [3.8, 4) is 11.8 Å². The molecule has 0 heterocycles.